The fourth-order valence-corrected chi connectivity index (χ4v) is 12.2. The Morgan fingerprint density at radius 3 is 0.880 bits per heavy atom. The number of rotatable bonds is 30. The second-order valence-corrected chi connectivity index (χ2v) is 24.3. The standard InChI is InChI=1S/C73H88N12O6.ClH/c1-43-16-31-61-58(37-43)55(46(4)77-61)40-67(86)83-64(13-7-10-34-74)71(89)80-52-25-19-49(20-26-52)70(50-21-27-53(28-22-50)81-72(90)65(14-8-11-35-75)84-68(87)41-56-47(5)78-62-32-17-44(2)38-59(56)62)51-23-29-54(30-24-51)82-73(91)66(15-9-12-36-76)85-69(88)42-57-48(6)79-63-33-18-45(3)39-60(57)63;/h16-33,37-39,64-66,70,77-79H,7-15,34-36,40-42,74-76H2,1-6H3,(H,80,89)(H,81,90)(H,82,91)(H,83,86)(H,84,87)(H,85,88);1H/t64-,65-,66-;/m1./s1. The van der Waals surface area contributed by atoms with Gasteiger partial charge in [0.15, 0.2) is 0 Å². The van der Waals surface area contributed by atoms with E-state index in [0.29, 0.717) is 94.5 Å². The van der Waals surface area contributed by atoms with Gasteiger partial charge in [0.25, 0.3) is 0 Å². The van der Waals surface area contributed by atoms with Crippen LogP contribution in [0, 0.1) is 41.5 Å². The molecule has 0 aliphatic rings. The highest BCUT2D eigenvalue weighted by atomic mass is 35.5. The van der Waals surface area contributed by atoms with Crippen LogP contribution in [0.1, 0.15) is 131 Å². The molecule has 0 radical (unpaired) electrons. The minimum atomic E-state index is -0.815. The van der Waals surface area contributed by atoms with Gasteiger partial charge in [-0.3, -0.25) is 28.8 Å². The Bertz CT molecular complexity index is 3630. The van der Waals surface area contributed by atoms with Crippen molar-refractivity contribution in [3.05, 3.63) is 195 Å². The Kier molecular flexibility index (Phi) is 24.2. The molecule has 0 spiro atoms. The second-order valence-electron chi connectivity index (χ2n) is 24.3. The van der Waals surface area contributed by atoms with Gasteiger partial charge in [0.1, 0.15) is 18.1 Å². The fourth-order valence-electron chi connectivity index (χ4n) is 12.2. The molecule has 0 saturated heterocycles. The van der Waals surface area contributed by atoms with E-state index in [-0.39, 0.29) is 73.0 Å². The first-order valence-electron chi connectivity index (χ1n) is 31.8. The van der Waals surface area contributed by atoms with Gasteiger partial charge in [0.2, 0.25) is 35.4 Å². The van der Waals surface area contributed by atoms with Crippen LogP contribution in [0.4, 0.5) is 17.1 Å². The summed E-state index contributed by atoms with van der Waals surface area (Å²) in [5.74, 6) is -2.23. The summed E-state index contributed by atoms with van der Waals surface area (Å²) in [6.45, 7) is 13.3. The number of nitrogens with one attached hydrogen (secondary N) is 9. The molecule has 3 heterocycles. The van der Waals surface area contributed by atoms with Crippen molar-refractivity contribution in [3.8, 4) is 0 Å². The van der Waals surface area contributed by atoms with Crippen LogP contribution < -0.4 is 49.1 Å². The third-order valence-corrected chi connectivity index (χ3v) is 17.2. The Labute approximate surface area is 544 Å². The lowest BCUT2D eigenvalue weighted by molar-refractivity contribution is -0.126. The number of aryl methyl sites for hydroxylation is 6. The molecule has 19 heteroatoms. The Morgan fingerprint density at radius 1 is 0.370 bits per heavy atom. The van der Waals surface area contributed by atoms with Crippen LogP contribution in [0.2, 0.25) is 0 Å². The molecule has 0 saturated carbocycles. The van der Waals surface area contributed by atoms with Gasteiger partial charge in [-0.1, -0.05) is 71.3 Å². The monoisotopic (exact) mass is 1260 g/mol. The minimum Gasteiger partial charge on any atom is -0.358 e. The maximum atomic E-state index is 14.1. The number of halogens is 1. The number of hydrogen-bond donors (Lipinski definition) is 12. The molecule has 0 aliphatic carbocycles. The van der Waals surface area contributed by atoms with E-state index in [4.69, 9.17) is 17.2 Å². The Balaban J connectivity index is 0.0000109. The van der Waals surface area contributed by atoms with Crippen LogP contribution in [0.25, 0.3) is 32.7 Å². The van der Waals surface area contributed by atoms with E-state index < -0.39 is 18.1 Å². The lowest BCUT2D eigenvalue weighted by Crippen LogP contribution is -2.44. The molecular formula is C73H89ClN12O6. The van der Waals surface area contributed by atoms with Crippen molar-refractivity contribution in [3.63, 3.8) is 0 Å². The zero-order chi connectivity index (χ0) is 64.7. The summed E-state index contributed by atoms with van der Waals surface area (Å²) in [4.78, 5) is 93.8. The molecule has 484 valence electrons. The predicted molar refractivity (Wildman–Crippen MR) is 372 cm³/mol. The molecule has 15 N–H and O–H groups in total. The van der Waals surface area contributed by atoms with Crippen LogP contribution in [-0.2, 0) is 48.0 Å². The number of carbonyl (C=O) groups is 6. The number of anilines is 3. The molecule has 92 heavy (non-hydrogen) atoms. The third-order valence-electron chi connectivity index (χ3n) is 17.2. The average Bonchev–Trinajstić information content (AvgIpc) is 1.55. The summed E-state index contributed by atoms with van der Waals surface area (Å²) in [6, 6.07) is 38.5. The van der Waals surface area contributed by atoms with E-state index in [1.807, 2.05) is 151 Å². The summed E-state index contributed by atoms with van der Waals surface area (Å²) in [5.41, 5.74) is 33.3. The average molecular weight is 1270 g/mol. The van der Waals surface area contributed by atoms with Crippen molar-refractivity contribution < 1.29 is 28.8 Å². The number of fused-ring (bicyclic) bond motifs is 3. The highest BCUT2D eigenvalue weighted by Gasteiger charge is 2.27. The third kappa shape index (κ3) is 17.7. The number of hydrogen-bond acceptors (Lipinski definition) is 9. The van der Waals surface area contributed by atoms with E-state index in [0.717, 1.165) is 99.9 Å². The van der Waals surface area contributed by atoms with Gasteiger partial charge in [-0.2, -0.15) is 0 Å². The van der Waals surface area contributed by atoms with Crippen molar-refractivity contribution in [2.75, 3.05) is 35.6 Å². The number of unbranched alkanes of at least 4 members (excludes halogenated alkanes) is 3. The first-order chi connectivity index (χ1) is 43.9. The van der Waals surface area contributed by atoms with Gasteiger partial charge in [0, 0.05) is 72.8 Å². The zero-order valence-electron chi connectivity index (χ0n) is 53.6. The van der Waals surface area contributed by atoms with Crippen molar-refractivity contribution in [2.24, 2.45) is 17.2 Å². The highest BCUT2D eigenvalue weighted by Crippen LogP contribution is 2.35. The van der Waals surface area contributed by atoms with Crippen molar-refractivity contribution in [1.29, 1.82) is 0 Å². The SMILES string of the molecule is Cc1ccc2[nH]c(C)c(CC(=O)N[C@H](CCCCN)C(=O)Nc3ccc(C(c4ccc(NC(=O)[C@@H](CCCCN)NC(=O)Cc5c(C)[nH]c6ccc(C)cc56)cc4)c4ccc(NC(=O)[C@@H](CCCCN)NC(=O)Cc5c(C)[nH]c6ccc(C)cc56)cc4)cc3)c2c1.Cl. The number of carbonyl (C=O) groups excluding carboxylic acids is 6. The highest BCUT2D eigenvalue weighted by molar-refractivity contribution is 6.01. The maximum Gasteiger partial charge on any atom is 0.246 e. The first kappa shape index (κ1) is 68.8. The van der Waals surface area contributed by atoms with Gasteiger partial charge < -0.3 is 64.1 Å². The van der Waals surface area contributed by atoms with Gasteiger partial charge in [-0.15, -0.1) is 12.4 Å². The summed E-state index contributed by atoms with van der Waals surface area (Å²) in [7, 11) is 0. The number of aromatic nitrogens is 3. The summed E-state index contributed by atoms with van der Waals surface area (Å²) >= 11 is 0. The molecule has 3 aromatic heterocycles. The minimum absolute atomic E-state index is 0. The van der Waals surface area contributed by atoms with Gasteiger partial charge in [-0.25, -0.2) is 0 Å². The number of benzene rings is 6. The number of aromatic amines is 3. The topological polar surface area (TPSA) is 300 Å². The maximum absolute atomic E-state index is 14.1. The molecule has 0 bridgehead atoms. The first-order valence-corrected chi connectivity index (χ1v) is 31.8. The molecular weight excluding hydrogens is 1180 g/mol. The zero-order valence-corrected chi connectivity index (χ0v) is 54.4. The van der Waals surface area contributed by atoms with Crippen LogP contribution >= 0.6 is 12.4 Å². The summed E-state index contributed by atoms with van der Waals surface area (Å²) in [5, 5.41) is 21.2. The Hall–Kier alpha value is -9.07. The number of H-pyrrole nitrogens is 3. The van der Waals surface area contributed by atoms with Gasteiger partial charge in [-0.05, 0) is 225 Å². The molecule has 9 aromatic rings. The predicted octanol–water partition coefficient (Wildman–Crippen LogP) is 11.0. The fraction of sp³-hybridized carbons (Fsp3) is 0.342. The molecule has 9 rings (SSSR count). The van der Waals surface area contributed by atoms with Crippen molar-refractivity contribution >= 4 is 97.6 Å². The molecule has 3 atom stereocenters. The Morgan fingerprint density at radius 2 is 0.630 bits per heavy atom. The van der Waals surface area contributed by atoms with Crippen molar-refractivity contribution in [2.45, 2.75) is 143 Å². The van der Waals surface area contributed by atoms with Crippen molar-refractivity contribution in [1.82, 2.24) is 30.9 Å². The van der Waals surface area contributed by atoms with Crippen LogP contribution in [0.3, 0.4) is 0 Å². The van der Waals surface area contributed by atoms with Crippen LogP contribution in [0.5, 0.6) is 0 Å². The molecule has 6 aromatic carbocycles. The number of nitrogens with two attached hydrogens (primary N) is 3. The van der Waals surface area contributed by atoms with E-state index in [1.54, 1.807) is 0 Å². The lowest BCUT2D eigenvalue weighted by atomic mass is 9.85. The normalized spacial score (nSPS) is 12.3. The van der Waals surface area contributed by atoms with E-state index >= 15 is 0 Å². The molecule has 0 unspecified atom stereocenters. The van der Waals surface area contributed by atoms with Crippen LogP contribution in [0.15, 0.2) is 127 Å². The van der Waals surface area contributed by atoms with E-state index in [1.165, 1.54) is 0 Å². The number of amides is 6. The quantitative estimate of drug-likeness (QED) is 0.0150. The lowest BCUT2D eigenvalue weighted by Gasteiger charge is -2.22. The molecule has 6 amide bonds. The summed E-state index contributed by atoms with van der Waals surface area (Å²) < 4.78 is 0. The van der Waals surface area contributed by atoms with E-state index in [2.05, 4.69) is 65.1 Å². The summed E-state index contributed by atoms with van der Waals surface area (Å²) in [6.07, 6.45) is 5.52. The van der Waals surface area contributed by atoms with Crippen LogP contribution in [-0.4, -0.2) is 88.2 Å². The molecule has 0 fully saturated rings. The smallest absolute Gasteiger partial charge is 0.246 e. The van der Waals surface area contributed by atoms with Gasteiger partial charge in [0.05, 0.1) is 19.3 Å². The molecule has 18 nitrogen and oxygen atoms in total. The second kappa shape index (κ2) is 32.3. The van der Waals surface area contributed by atoms with Gasteiger partial charge >= 0.3 is 0 Å². The largest absolute Gasteiger partial charge is 0.358 e. The van der Waals surface area contributed by atoms with E-state index in [9.17, 15) is 28.8 Å². The molecule has 0 aliphatic heterocycles.